The van der Waals surface area contributed by atoms with Gasteiger partial charge in [-0.05, 0) is 54.4 Å². The maximum Gasteiger partial charge on any atom is 0.414 e. The fourth-order valence-electron chi connectivity index (χ4n) is 3.68. The van der Waals surface area contributed by atoms with Crippen molar-refractivity contribution in [2.45, 2.75) is 18.6 Å². The summed E-state index contributed by atoms with van der Waals surface area (Å²) in [7, 11) is 1.50. The summed E-state index contributed by atoms with van der Waals surface area (Å²) in [5, 5.41) is 3.66. The number of rotatable bonds is 2. The van der Waals surface area contributed by atoms with E-state index < -0.39 is 18.2 Å². The van der Waals surface area contributed by atoms with Gasteiger partial charge in [-0.15, -0.1) is 0 Å². The van der Waals surface area contributed by atoms with Gasteiger partial charge in [-0.25, -0.2) is 4.79 Å². The van der Waals surface area contributed by atoms with Crippen molar-refractivity contribution >= 4 is 34.2 Å². The molecule has 2 aromatic carbocycles. The van der Waals surface area contributed by atoms with Crippen molar-refractivity contribution in [1.29, 1.82) is 0 Å². The van der Waals surface area contributed by atoms with E-state index >= 15 is 0 Å². The highest BCUT2D eigenvalue weighted by Gasteiger charge is 2.50. The lowest BCUT2D eigenvalue weighted by atomic mass is 9.97. The van der Waals surface area contributed by atoms with Gasteiger partial charge in [-0.2, -0.15) is 13.2 Å². The molecule has 0 fully saturated rings. The summed E-state index contributed by atoms with van der Waals surface area (Å²) in [6.07, 6.45) is -4.35. The predicted octanol–water partition coefficient (Wildman–Crippen LogP) is 5.52. The van der Waals surface area contributed by atoms with Gasteiger partial charge in [0.15, 0.2) is 6.04 Å². The van der Waals surface area contributed by atoms with Gasteiger partial charge in [-0.1, -0.05) is 11.6 Å². The Labute approximate surface area is 169 Å². The normalized spacial score (nSPS) is 16.6. The average Bonchev–Trinajstić information content (AvgIpc) is 3.05. The van der Waals surface area contributed by atoms with Crippen LogP contribution >= 0.6 is 11.6 Å². The van der Waals surface area contributed by atoms with Crippen LogP contribution in [0.3, 0.4) is 0 Å². The molecule has 29 heavy (non-hydrogen) atoms. The largest absolute Gasteiger partial charge is 0.497 e. The zero-order valence-electron chi connectivity index (χ0n) is 15.3. The number of carbonyl (C=O) groups is 1. The molecule has 3 aromatic rings. The molecule has 1 aliphatic heterocycles. The highest BCUT2D eigenvalue weighted by Crippen LogP contribution is 2.44. The Morgan fingerprint density at radius 2 is 1.97 bits per heavy atom. The molecule has 5 nitrogen and oxygen atoms in total. The highest BCUT2D eigenvalue weighted by molar-refractivity contribution is 6.30. The number of nitrogens with zero attached hydrogens (tertiary/aromatic N) is 1. The van der Waals surface area contributed by atoms with Crippen LogP contribution < -0.4 is 10.1 Å². The van der Waals surface area contributed by atoms with E-state index in [4.69, 9.17) is 16.3 Å². The number of benzene rings is 2. The van der Waals surface area contributed by atoms with Crippen molar-refractivity contribution in [3.05, 3.63) is 58.7 Å². The lowest BCUT2D eigenvalue weighted by Gasteiger charge is -2.36. The van der Waals surface area contributed by atoms with Crippen LogP contribution in [0.1, 0.15) is 17.3 Å². The first-order chi connectivity index (χ1) is 13.8. The summed E-state index contributed by atoms with van der Waals surface area (Å²) in [6.45, 7) is -0.0687. The maximum absolute atomic E-state index is 14.0. The minimum Gasteiger partial charge on any atom is -0.497 e. The summed E-state index contributed by atoms with van der Waals surface area (Å²) in [5.41, 5.74) is 1.48. The fraction of sp³-hybridized carbons (Fsp3) is 0.250. The van der Waals surface area contributed by atoms with Crippen molar-refractivity contribution in [1.82, 2.24) is 9.88 Å². The number of H-pyrrole nitrogens is 1. The molecule has 0 spiro atoms. The van der Waals surface area contributed by atoms with Crippen LogP contribution in [0.4, 0.5) is 23.7 Å². The Morgan fingerprint density at radius 3 is 2.62 bits per heavy atom. The molecule has 0 bridgehead atoms. The predicted molar refractivity (Wildman–Crippen MR) is 105 cm³/mol. The molecular weight excluding hydrogens is 407 g/mol. The molecule has 1 atom stereocenters. The summed E-state index contributed by atoms with van der Waals surface area (Å²) in [6, 6.07) is 8.35. The van der Waals surface area contributed by atoms with Gasteiger partial charge in [0.05, 0.1) is 12.8 Å². The van der Waals surface area contributed by atoms with E-state index in [1.165, 1.54) is 19.2 Å². The number of hydrogen-bond acceptors (Lipinski definition) is 2. The van der Waals surface area contributed by atoms with Gasteiger partial charge in [0.2, 0.25) is 0 Å². The third-order valence-electron chi connectivity index (χ3n) is 5.00. The molecule has 0 saturated heterocycles. The fourth-order valence-corrected chi connectivity index (χ4v) is 3.81. The molecule has 1 unspecified atom stereocenters. The number of alkyl halides is 3. The third kappa shape index (κ3) is 3.60. The Bertz CT molecular complexity index is 1060. The van der Waals surface area contributed by atoms with Crippen LogP contribution in [-0.2, 0) is 6.42 Å². The Kier molecular flexibility index (Phi) is 4.82. The van der Waals surface area contributed by atoms with Crippen LogP contribution in [0, 0.1) is 0 Å². The molecule has 0 radical (unpaired) electrons. The van der Waals surface area contributed by atoms with Crippen LogP contribution in [0.15, 0.2) is 42.5 Å². The quantitative estimate of drug-likeness (QED) is 0.570. The number of carbonyl (C=O) groups excluding carboxylic acids is 1. The van der Waals surface area contributed by atoms with E-state index in [2.05, 4.69) is 10.3 Å². The van der Waals surface area contributed by atoms with Crippen LogP contribution in [-0.4, -0.2) is 35.7 Å². The number of aromatic nitrogens is 1. The van der Waals surface area contributed by atoms with E-state index in [1.54, 1.807) is 30.3 Å². The molecular formula is C20H17ClF3N3O2. The molecule has 2 N–H and O–H groups in total. The highest BCUT2D eigenvalue weighted by atomic mass is 35.5. The number of anilines is 1. The number of fused-ring (bicyclic) bond motifs is 3. The first-order valence-electron chi connectivity index (χ1n) is 8.86. The summed E-state index contributed by atoms with van der Waals surface area (Å²) in [5.74, 6) is 0.561. The molecule has 1 aromatic heterocycles. The number of aromatic amines is 1. The molecule has 152 valence electrons. The topological polar surface area (TPSA) is 57.4 Å². The average molecular weight is 424 g/mol. The van der Waals surface area contributed by atoms with Crippen molar-refractivity contribution < 1.29 is 22.7 Å². The molecule has 2 heterocycles. The second-order valence-electron chi connectivity index (χ2n) is 6.75. The van der Waals surface area contributed by atoms with Crippen molar-refractivity contribution in [2.75, 3.05) is 19.0 Å². The first kappa shape index (κ1) is 19.4. The number of nitrogens with one attached hydrogen (secondary N) is 2. The molecule has 9 heteroatoms. The number of amides is 2. The van der Waals surface area contributed by atoms with E-state index in [1.807, 2.05) is 0 Å². The number of halogens is 4. The first-order valence-corrected chi connectivity index (χ1v) is 9.24. The van der Waals surface area contributed by atoms with Gasteiger partial charge < -0.3 is 19.9 Å². The van der Waals surface area contributed by atoms with E-state index in [9.17, 15) is 18.0 Å². The maximum atomic E-state index is 14.0. The van der Waals surface area contributed by atoms with Crippen molar-refractivity contribution in [3.8, 4) is 5.75 Å². The SMILES string of the molecule is COc1ccc2[nH]c3c(c2c1)CCN(C(=O)Nc1ccc(Cl)cc1)C3C(F)(F)F. The molecule has 2 amide bonds. The molecule has 0 aliphatic carbocycles. The lowest BCUT2D eigenvalue weighted by molar-refractivity contribution is -0.180. The van der Waals surface area contributed by atoms with E-state index in [0.29, 0.717) is 39.3 Å². The molecule has 1 aliphatic rings. The Balaban J connectivity index is 1.72. The van der Waals surface area contributed by atoms with E-state index in [-0.39, 0.29) is 12.2 Å². The van der Waals surface area contributed by atoms with Gasteiger partial charge in [-0.3, -0.25) is 0 Å². The van der Waals surface area contributed by atoms with E-state index in [0.717, 1.165) is 4.90 Å². The number of methoxy groups -OCH3 is 1. The van der Waals surface area contributed by atoms with Crippen molar-refractivity contribution in [3.63, 3.8) is 0 Å². The zero-order chi connectivity index (χ0) is 20.8. The number of urea groups is 1. The minimum absolute atomic E-state index is 0.0155. The van der Waals surface area contributed by atoms with Crippen LogP contribution in [0.5, 0.6) is 5.75 Å². The van der Waals surface area contributed by atoms with Gasteiger partial charge in [0, 0.05) is 28.2 Å². The molecule has 4 rings (SSSR count). The van der Waals surface area contributed by atoms with Crippen LogP contribution in [0.2, 0.25) is 5.02 Å². The minimum atomic E-state index is -4.64. The second kappa shape index (κ2) is 7.18. The molecule has 0 saturated carbocycles. The zero-order valence-corrected chi connectivity index (χ0v) is 16.1. The summed E-state index contributed by atoms with van der Waals surface area (Å²) >= 11 is 5.81. The van der Waals surface area contributed by atoms with Crippen molar-refractivity contribution in [2.24, 2.45) is 0 Å². The summed E-state index contributed by atoms with van der Waals surface area (Å²) < 4.78 is 47.2. The Morgan fingerprint density at radius 1 is 1.24 bits per heavy atom. The summed E-state index contributed by atoms with van der Waals surface area (Å²) in [4.78, 5) is 16.4. The van der Waals surface area contributed by atoms with Gasteiger partial charge in [0.25, 0.3) is 0 Å². The lowest BCUT2D eigenvalue weighted by Crippen LogP contribution is -2.48. The number of hydrogen-bond donors (Lipinski definition) is 2. The second-order valence-corrected chi connectivity index (χ2v) is 7.19. The number of ether oxygens (including phenoxy) is 1. The third-order valence-corrected chi connectivity index (χ3v) is 5.25. The van der Waals surface area contributed by atoms with Gasteiger partial charge in [0.1, 0.15) is 5.75 Å². The van der Waals surface area contributed by atoms with Crippen LogP contribution in [0.25, 0.3) is 10.9 Å². The Hall–Kier alpha value is -2.87. The monoisotopic (exact) mass is 423 g/mol. The van der Waals surface area contributed by atoms with Gasteiger partial charge >= 0.3 is 12.2 Å². The standard InChI is InChI=1S/C20H17ClF3N3O2/c1-29-13-6-7-16-15(10-13)14-8-9-27(18(17(14)26-16)20(22,23)24)19(28)25-12-4-2-11(21)3-5-12/h2-7,10,18,26H,8-9H2,1H3,(H,25,28). The smallest absolute Gasteiger partial charge is 0.414 e.